The van der Waals surface area contributed by atoms with E-state index in [2.05, 4.69) is 98.0 Å². The number of benzene rings is 4. The van der Waals surface area contributed by atoms with Crippen LogP contribution in [0.1, 0.15) is 40.2 Å². The predicted molar refractivity (Wildman–Crippen MR) is 181 cm³/mol. The number of para-hydroxylation sites is 2. The number of aliphatic hydroxyl groups is 1. The van der Waals surface area contributed by atoms with Gasteiger partial charge in [-0.25, -0.2) is 0 Å². The fourth-order valence-electron chi connectivity index (χ4n) is 6.46. The van der Waals surface area contributed by atoms with Crippen LogP contribution in [0.5, 0.6) is 0 Å². The number of nitrogens with zero attached hydrogens (tertiary/aromatic N) is 2. The minimum Gasteiger partial charge on any atom is -0.512 e. The Kier molecular flexibility index (Phi) is 7.76. The van der Waals surface area contributed by atoms with Crippen LogP contribution in [0.2, 0.25) is 0 Å². The molecule has 0 aliphatic heterocycles. The number of allylic oxidation sites excluding steroid dienone is 2. The Morgan fingerprint density at radius 2 is 1.58 bits per heavy atom. The van der Waals surface area contributed by atoms with Gasteiger partial charge in [0.15, 0.2) is 11.4 Å². The molecular weight excluding hydrogens is 737 g/mol. The molecule has 1 N–H and O–H groups in total. The fourth-order valence-corrected chi connectivity index (χ4v) is 6.46. The summed E-state index contributed by atoms with van der Waals surface area (Å²) < 4.78 is 8.86. The molecule has 0 aliphatic rings. The smallest absolute Gasteiger partial charge is 0.159 e. The number of furan rings is 1. The van der Waals surface area contributed by atoms with E-state index in [9.17, 15) is 4.79 Å². The van der Waals surface area contributed by atoms with Gasteiger partial charge >= 0.3 is 0 Å². The molecule has 0 saturated carbocycles. The van der Waals surface area contributed by atoms with Crippen molar-refractivity contribution in [3.63, 3.8) is 0 Å². The second-order valence-electron chi connectivity index (χ2n) is 12.8. The van der Waals surface area contributed by atoms with Gasteiger partial charge in [0.1, 0.15) is 5.58 Å². The monoisotopic (exact) mass is 770 g/mol. The summed E-state index contributed by atoms with van der Waals surface area (Å²) in [6, 6.07) is 31.6. The van der Waals surface area contributed by atoms with Crippen LogP contribution in [0.4, 0.5) is 0 Å². The third-order valence-corrected chi connectivity index (χ3v) is 8.00. The number of rotatable bonds is 3. The van der Waals surface area contributed by atoms with Crippen molar-refractivity contribution in [1.29, 1.82) is 0 Å². The van der Waals surface area contributed by atoms with E-state index in [0.717, 1.165) is 50.7 Å². The van der Waals surface area contributed by atoms with E-state index in [0.29, 0.717) is 0 Å². The van der Waals surface area contributed by atoms with Gasteiger partial charge < -0.3 is 18.9 Å². The van der Waals surface area contributed by atoms with Gasteiger partial charge in [0, 0.05) is 53.9 Å². The van der Waals surface area contributed by atoms with Crippen molar-refractivity contribution in [2.45, 2.75) is 41.0 Å². The van der Waals surface area contributed by atoms with Gasteiger partial charge in [-0.05, 0) is 60.5 Å². The van der Waals surface area contributed by atoms with Crippen molar-refractivity contribution in [3.05, 3.63) is 109 Å². The quantitative estimate of drug-likeness (QED) is 0.110. The molecule has 0 atom stereocenters. The van der Waals surface area contributed by atoms with E-state index < -0.39 is 0 Å². The minimum absolute atomic E-state index is 0. The van der Waals surface area contributed by atoms with Crippen LogP contribution in [-0.2, 0) is 31.3 Å². The second kappa shape index (κ2) is 11.4. The number of carbonyl (C=O) groups excluding carboxylic acids is 1. The van der Waals surface area contributed by atoms with E-state index >= 15 is 0 Å². The molecule has 0 amide bonds. The maximum Gasteiger partial charge on any atom is 0.159 e. The average molecular weight is 770 g/mol. The second-order valence-corrected chi connectivity index (χ2v) is 12.8. The SMILES string of the molecule is CC(=O)/C=C(/C)O.CC(C)(C)Cc1ccnc(-c2[c-]cc3c(c2)c2cccc4c5ccc6c7ccccc7oc6c5n3c24)c1.[Ir]. The summed E-state index contributed by atoms with van der Waals surface area (Å²) >= 11 is 0. The van der Waals surface area contributed by atoms with Crippen molar-refractivity contribution >= 4 is 65.8 Å². The molecule has 1 radical (unpaired) electrons. The maximum atomic E-state index is 10.0. The molecule has 0 fully saturated rings. The molecule has 0 spiro atoms. The number of hydrogen-bond acceptors (Lipinski definition) is 4. The number of pyridine rings is 1. The zero-order chi connectivity index (χ0) is 30.7. The Balaban J connectivity index is 0.000000404. The van der Waals surface area contributed by atoms with Crippen LogP contribution in [0.25, 0.3) is 71.3 Å². The summed E-state index contributed by atoms with van der Waals surface area (Å²) in [5, 5.41) is 15.6. The normalized spacial score (nSPS) is 12.3. The van der Waals surface area contributed by atoms with E-state index in [1.54, 1.807) is 0 Å². The molecule has 0 aliphatic carbocycles. The molecule has 5 nitrogen and oxygen atoms in total. The summed E-state index contributed by atoms with van der Waals surface area (Å²) in [5.41, 5.74) is 8.89. The summed E-state index contributed by atoms with van der Waals surface area (Å²) in [6.07, 6.45) is 4.10. The Bertz CT molecular complexity index is 2400. The molecular formula is C39H33IrN2O3-. The van der Waals surface area contributed by atoms with Gasteiger partial charge in [0.25, 0.3) is 0 Å². The Morgan fingerprint density at radius 1 is 0.889 bits per heavy atom. The summed E-state index contributed by atoms with van der Waals surface area (Å²) in [5.74, 6) is -0.0625. The Hall–Kier alpha value is -4.51. The van der Waals surface area contributed by atoms with Crippen LogP contribution in [0, 0.1) is 11.5 Å². The molecule has 4 aromatic heterocycles. The molecule has 6 heteroatoms. The van der Waals surface area contributed by atoms with Gasteiger partial charge in [0.05, 0.1) is 16.8 Å². The van der Waals surface area contributed by atoms with Gasteiger partial charge in [-0.3, -0.25) is 4.79 Å². The van der Waals surface area contributed by atoms with Crippen molar-refractivity contribution in [3.8, 4) is 11.3 Å². The zero-order valence-electron chi connectivity index (χ0n) is 25.9. The standard InChI is InChI=1S/C34H25N2O.C5H8O2.Ir/c1-34(2,3)19-20-15-16-35-28(17-20)21-11-14-29-27(18-21)24-9-6-8-23-25-12-13-26-22-7-4-5-10-30(22)37-33(26)32(25)36(29)31(23)24;1-4(6)3-5(2)7;/h4-10,12-18H,19H2,1-3H3;3,6H,1-2H3;/q-1;;/b;4-3-;. The summed E-state index contributed by atoms with van der Waals surface area (Å²) in [4.78, 5) is 14.7. The van der Waals surface area contributed by atoms with Crippen molar-refractivity contribution in [1.82, 2.24) is 9.38 Å². The van der Waals surface area contributed by atoms with Crippen LogP contribution in [0.15, 0.2) is 101 Å². The number of hydrogen-bond donors (Lipinski definition) is 1. The fraction of sp³-hybridized carbons (Fsp3) is 0.179. The van der Waals surface area contributed by atoms with Crippen molar-refractivity contribution in [2.24, 2.45) is 5.41 Å². The molecule has 0 bridgehead atoms. The first-order chi connectivity index (χ1) is 21.1. The van der Waals surface area contributed by atoms with E-state index in [-0.39, 0.29) is 37.1 Å². The molecule has 227 valence electrons. The zero-order valence-corrected chi connectivity index (χ0v) is 28.3. The molecule has 4 heterocycles. The number of aromatic nitrogens is 2. The molecule has 8 rings (SSSR count). The van der Waals surface area contributed by atoms with Crippen LogP contribution >= 0.6 is 0 Å². The maximum absolute atomic E-state index is 10.0. The van der Waals surface area contributed by atoms with Gasteiger partial charge in [-0.1, -0.05) is 80.3 Å². The predicted octanol–water partition coefficient (Wildman–Crippen LogP) is 10.2. The number of aliphatic hydroxyl groups excluding tert-OH is 1. The van der Waals surface area contributed by atoms with Gasteiger partial charge in [-0.2, -0.15) is 0 Å². The van der Waals surface area contributed by atoms with E-state index in [4.69, 9.17) is 14.5 Å². The third kappa shape index (κ3) is 5.39. The number of ketones is 1. The van der Waals surface area contributed by atoms with Crippen molar-refractivity contribution < 1.29 is 34.4 Å². The first-order valence-corrected chi connectivity index (χ1v) is 14.9. The van der Waals surface area contributed by atoms with Crippen LogP contribution < -0.4 is 0 Å². The third-order valence-electron chi connectivity index (χ3n) is 8.00. The van der Waals surface area contributed by atoms with Crippen LogP contribution in [-0.4, -0.2) is 20.3 Å². The molecule has 0 unspecified atom stereocenters. The first kappa shape index (κ1) is 30.5. The summed E-state index contributed by atoms with van der Waals surface area (Å²) in [7, 11) is 0. The van der Waals surface area contributed by atoms with Crippen molar-refractivity contribution in [2.75, 3.05) is 0 Å². The minimum atomic E-state index is -0.125. The topological polar surface area (TPSA) is 67.7 Å². The molecule has 45 heavy (non-hydrogen) atoms. The molecule has 4 aromatic carbocycles. The first-order valence-electron chi connectivity index (χ1n) is 14.9. The summed E-state index contributed by atoms with van der Waals surface area (Å²) in [6.45, 7) is 9.66. The Labute approximate surface area is 274 Å². The van der Waals surface area contributed by atoms with Gasteiger partial charge in [0.2, 0.25) is 0 Å². The van der Waals surface area contributed by atoms with E-state index in [1.807, 2.05) is 18.3 Å². The average Bonchev–Trinajstić information content (AvgIpc) is 3.62. The number of carbonyl (C=O) groups is 1. The van der Waals surface area contributed by atoms with E-state index in [1.165, 1.54) is 52.5 Å². The molecule has 0 saturated heterocycles. The number of fused-ring (bicyclic) bond motifs is 10. The van der Waals surface area contributed by atoms with Gasteiger partial charge in [-0.15, -0.1) is 23.8 Å². The van der Waals surface area contributed by atoms with Crippen LogP contribution in [0.3, 0.4) is 0 Å². The largest absolute Gasteiger partial charge is 0.512 e. The Morgan fingerprint density at radius 3 is 2.29 bits per heavy atom. The molecule has 8 aromatic rings.